The van der Waals surface area contributed by atoms with Gasteiger partial charge in [0, 0.05) is 38.0 Å². The van der Waals surface area contributed by atoms with Crippen LogP contribution in [0.1, 0.15) is 21.5 Å². The lowest BCUT2D eigenvalue weighted by atomic mass is 10.1. The van der Waals surface area contributed by atoms with Crippen molar-refractivity contribution in [2.75, 3.05) is 13.6 Å². The van der Waals surface area contributed by atoms with Crippen molar-refractivity contribution in [3.63, 3.8) is 0 Å². The van der Waals surface area contributed by atoms with Gasteiger partial charge in [0.25, 0.3) is 5.91 Å². The molecule has 1 amide bonds. The molecule has 0 aliphatic carbocycles. The van der Waals surface area contributed by atoms with Crippen LogP contribution in [0.15, 0.2) is 36.7 Å². The molecule has 1 aromatic heterocycles. The molecular weight excluding hydrogens is 252 g/mol. The van der Waals surface area contributed by atoms with E-state index in [1.807, 2.05) is 37.5 Å². The van der Waals surface area contributed by atoms with Crippen LogP contribution in [0, 0.1) is 0 Å². The summed E-state index contributed by atoms with van der Waals surface area (Å²) < 4.78 is 1.73. The van der Waals surface area contributed by atoms with E-state index in [1.54, 1.807) is 22.8 Å². The number of amides is 1. The second-order valence-corrected chi connectivity index (χ2v) is 4.92. The summed E-state index contributed by atoms with van der Waals surface area (Å²) in [6.45, 7) is 1.17. The van der Waals surface area contributed by atoms with Crippen LogP contribution >= 0.6 is 0 Å². The maximum atomic E-state index is 12.3. The summed E-state index contributed by atoms with van der Waals surface area (Å²) >= 11 is 0. The molecule has 106 valence electrons. The maximum absolute atomic E-state index is 12.3. The van der Waals surface area contributed by atoms with Gasteiger partial charge in [0.2, 0.25) is 0 Å². The second-order valence-electron chi connectivity index (χ2n) is 4.92. The predicted molar refractivity (Wildman–Crippen MR) is 78.2 cm³/mol. The van der Waals surface area contributed by atoms with E-state index in [2.05, 4.69) is 5.10 Å². The summed E-state index contributed by atoms with van der Waals surface area (Å²) in [6, 6.07) is 7.62. The molecule has 0 saturated carbocycles. The number of carbonyl (C=O) groups excluding carboxylic acids is 1. The number of hydrogen-bond donors (Lipinski definition) is 1. The van der Waals surface area contributed by atoms with Gasteiger partial charge in [-0.1, -0.05) is 12.1 Å². The summed E-state index contributed by atoms with van der Waals surface area (Å²) in [5, 5.41) is 4.10. The van der Waals surface area contributed by atoms with Crippen molar-refractivity contribution >= 4 is 5.91 Å². The van der Waals surface area contributed by atoms with Crippen molar-refractivity contribution < 1.29 is 4.79 Å². The van der Waals surface area contributed by atoms with Crippen molar-refractivity contribution in [1.29, 1.82) is 0 Å². The molecule has 0 radical (unpaired) electrons. The molecule has 0 fully saturated rings. The molecule has 5 nitrogen and oxygen atoms in total. The Labute approximate surface area is 119 Å². The van der Waals surface area contributed by atoms with Gasteiger partial charge in [-0.05, 0) is 30.7 Å². The highest BCUT2D eigenvalue weighted by Crippen LogP contribution is 2.10. The second kappa shape index (κ2) is 6.34. The minimum Gasteiger partial charge on any atom is -0.337 e. The summed E-state index contributed by atoms with van der Waals surface area (Å²) in [5.74, 6) is 0.00755. The summed E-state index contributed by atoms with van der Waals surface area (Å²) in [6.07, 6.45) is 4.52. The highest BCUT2D eigenvalue weighted by molar-refractivity contribution is 5.94. The molecule has 0 atom stereocenters. The average molecular weight is 272 g/mol. The van der Waals surface area contributed by atoms with E-state index in [9.17, 15) is 4.79 Å². The Hall–Kier alpha value is -2.14. The van der Waals surface area contributed by atoms with Crippen LogP contribution in [0.5, 0.6) is 0 Å². The molecule has 0 bridgehead atoms. The van der Waals surface area contributed by atoms with Crippen molar-refractivity contribution in [1.82, 2.24) is 14.7 Å². The lowest BCUT2D eigenvalue weighted by Gasteiger charge is -2.16. The Morgan fingerprint density at radius 2 is 2.00 bits per heavy atom. The van der Waals surface area contributed by atoms with Gasteiger partial charge in [0.05, 0.1) is 6.20 Å². The third-order valence-electron chi connectivity index (χ3n) is 3.16. The monoisotopic (exact) mass is 272 g/mol. The zero-order chi connectivity index (χ0) is 14.5. The fourth-order valence-electron chi connectivity index (χ4n) is 2.10. The normalized spacial score (nSPS) is 10.6. The Kier molecular flexibility index (Phi) is 4.53. The summed E-state index contributed by atoms with van der Waals surface area (Å²) in [5.41, 5.74) is 8.37. The first kappa shape index (κ1) is 14.3. The number of hydrogen-bond acceptors (Lipinski definition) is 3. The lowest BCUT2D eigenvalue weighted by Crippen LogP contribution is -2.26. The first-order chi connectivity index (χ1) is 9.60. The standard InChI is InChI=1S/C15H20N4O/c1-18(10-13-9-17-19(2)11-13)15(20)14-5-3-12(4-6-14)7-8-16/h3-6,9,11H,7-8,10,16H2,1-2H3. The number of carbonyl (C=O) groups is 1. The van der Waals surface area contributed by atoms with E-state index in [0.717, 1.165) is 17.5 Å². The van der Waals surface area contributed by atoms with E-state index in [-0.39, 0.29) is 5.91 Å². The highest BCUT2D eigenvalue weighted by Gasteiger charge is 2.12. The van der Waals surface area contributed by atoms with E-state index in [1.165, 1.54) is 0 Å². The zero-order valence-electron chi connectivity index (χ0n) is 11.9. The molecule has 0 saturated heterocycles. The Balaban J connectivity index is 2.02. The van der Waals surface area contributed by atoms with E-state index < -0.39 is 0 Å². The number of nitrogens with zero attached hydrogens (tertiary/aromatic N) is 3. The van der Waals surface area contributed by atoms with Gasteiger partial charge in [-0.3, -0.25) is 9.48 Å². The molecule has 2 aromatic rings. The molecule has 1 aromatic carbocycles. The quantitative estimate of drug-likeness (QED) is 0.889. The minimum absolute atomic E-state index is 0.00755. The molecule has 5 heteroatoms. The van der Waals surface area contributed by atoms with Gasteiger partial charge in [-0.2, -0.15) is 5.10 Å². The van der Waals surface area contributed by atoms with Gasteiger partial charge in [-0.25, -0.2) is 0 Å². The molecule has 20 heavy (non-hydrogen) atoms. The van der Waals surface area contributed by atoms with Crippen molar-refractivity contribution in [3.05, 3.63) is 53.3 Å². The van der Waals surface area contributed by atoms with Gasteiger partial charge >= 0.3 is 0 Å². The molecule has 2 N–H and O–H groups in total. The van der Waals surface area contributed by atoms with Crippen molar-refractivity contribution in [2.24, 2.45) is 12.8 Å². The van der Waals surface area contributed by atoms with Crippen molar-refractivity contribution in [2.45, 2.75) is 13.0 Å². The average Bonchev–Trinajstić information content (AvgIpc) is 2.84. The van der Waals surface area contributed by atoms with Crippen LogP contribution in [0.4, 0.5) is 0 Å². The van der Waals surface area contributed by atoms with Crippen LogP contribution in [-0.2, 0) is 20.0 Å². The lowest BCUT2D eigenvalue weighted by molar-refractivity contribution is 0.0785. The molecular formula is C15H20N4O. The topological polar surface area (TPSA) is 64.2 Å². The Morgan fingerprint density at radius 1 is 1.30 bits per heavy atom. The Morgan fingerprint density at radius 3 is 2.55 bits per heavy atom. The van der Waals surface area contributed by atoms with E-state index >= 15 is 0 Å². The largest absolute Gasteiger partial charge is 0.337 e. The highest BCUT2D eigenvalue weighted by atomic mass is 16.2. The van der Waals surface area contributed by atoms with Crippen LogP contribution < -0.4 is 5.73 Å². The van der Waals surface area contributed by atoms with E-state index in [0.29, 0.717) is 18.7 Å². The van der Waals surface area contributed by atoms with Crippen LogP contribution in [0.2, 0.25) is 0 Å². The molecule has 2 rings (SSSR count). The molecule has 0 spiro atoms. The fraction of sp³-hybridized carbons (Fsp3) is 0.333. The molecule has 1 heterocycles. The zero-order valence-corrected chi connectivity index (χ0v) is 11.9. The molecule has 0 aliphatic rings. The fourth-order valence-corrected chi connectivity index (χ4v) is 2.10. The number of nitrogens with two attached hydrogens (primary N) is 1. The van der Waals surface area contributed by atoms with Crippen LogP contribution in [-0.4, -0.2) is 34.2 Å². The molecule has 0 aliphatic heterocycles. The summed E-state index contributed by atoms with van der Waals surface area (Å²) in [7, 11) is 3.66. The smallest absolute Gasteiger partial charge is 0.253 e. The van der Waals surface area contributed by atoms with Crippen LogP contribution in [0.3, 0.4) is 0 Å². The van der Waals surface area contributed by atoms with Crippen molar-refractivity contribution in [3.8, 4) is 0 Å². The van der Waals surface area contributed by atoms with Gasteiger partial charge in [0.1, 0.15) is 0 Å². The van der Waals surface area contributed by atoms with Crippen LogP contribution in [0.25, 0.3) is 0 Å². The van der Waals surface area contributed by atoms with Gasteiger partial charge in [0.15, 0.2) is 0 Å². The maximum Gasteiger partial charge on any atom is 0.253 e. The minimum atomic E-state index is 0.00755. The predicted octanol–water partition coefficient (Wildman–Crippen LogP) is 1.19. The third kappa shape index (κ3) is 3.45. The number of aromatic nitrogens is 2. The first-order valence-corrected chi connectivity index (χ1v) is 6.62. The number of aryl methyl sites for hydroxylation is 1. The van der Waals surface area contributed by atoms with E-state index in [4.69, 9.17) is 5.73 Å². The number of rotatable bonds is 5. The third-order valence-corrected chi connectivity index (χ3v) is 3.16. The SMILES string of the molecule is CN(Cc1cnn(C)c1)C(=O)c1ccc(CCN)cc1. The Bertz CT molecular complexity index is 574. The molecule has 0 unspecified atom stereocenters. The number of benzene rings is 1. The van der Waals surface area contributed by atoms with Gasteiger partial charge < -0.3 is 10.6 Å². The van der Waals surface area contributed by atoms with Gasteiger partial charge in [-0.15, -0.1) is 0 Å². The summed E-state index contributed by atoms with van der Waals surface area (Å²) in [4.78, 5) is 14.0. The first-order valence-electron chi connectivity index (χ1n) is 6.62.